The topological polar surface area (TPSA) is 58.2 Å². The van der Waals surface area contributed by atoms with Crippen LogP contribution in [0.15, 0.2) is 84.9 Å². The third kappa shape index (κ3) is 6.17. The monoisotopic (exact) mass is 462 g/mol. The van der Waals surface area contributed by atoms with Crippen LogP contribution in [0.2, 0.25) is 0 Å². The lowest BCUT2D eigenvalue weighted by Crippen LogP contribution is -2.31. The Labute approximate surface area is 197 Å². The molecule has 0 aromatic heterocycles. The van der Waals surface area contributed by atoms with E-state index in [1.807, 2.05) is 84.2 Å². The number of amides is 2. The molecule has 2 amide bonds. The van der Waals surface area contributed by atoms with Gasteiger partial charge in [0.15, 0.2) is 0 Å². The second kappa shape index (κ2) is 11.2. The highest BCUT2D eigenvalue weighted by Gasteiger charge is 2.20. The minimum Gasteiger partial charge on any atom is -0.345 e. The summed E-state index contributed by atoms with van der Waals surface area (Å²) >= 11 is 3.92. The number of anilines is 1. The van der Waals surface area contributed by atoms with E-state index < -0.39 is 6.04 Å². The van der Waals surface area contributed by atoms with Gasteiger partial charge in [-0.25, -0.2) is 0 Å². The van der Waals surface area contributed by atoms with Crippen molar-refractivity contribution < 1.29 is 9.59 Å². The summed E-state index contributed by atoms with van der Waals surface area (Å²) in [6, 6.07) is 26.4. The number of benzene rings is 3. The molecule has 1 atom stereocenters. The minimum absolute atomic E-state index is 0.131. The molecule has 164 valence electrons. The molecule has 1 aliphatic heterocycles. The van der Waals surface area contributed by atoms with E-state index in [9.17, 15) is 9.59 Å². The summed E-state index contributed by atoms with van der Waals surface area (Å²) in [7, 11) is 0. The molecular weight excluding hydrogens is 436 g/mol. The van der Waals surface area contributed by atoms with Gasteiger partial charge in [0.25, 0.3) is 5.91 Å². The van der Waals surface area contributed by atoms with Crippen LogP contribution in [0, 0.1) is 0 Å². The van der Waals surface area contributed by atoms with Gasteiger partial charge in [-0.2, -0.15) is 0 Å². The van der Waals surface area contributed by atoms with Crippen molar-refractivity contribution in [3.63, 3.8) is 0 Å². The van der Waals surface area contributed by atoms with Crippen molar-refractivity contribution in [3.05, 3.63) is 102 Å². The molecule has 6 heteroatoms. The summed E-state index contributed by atoms with van der Waals surface area (Å²) in [6.45, 7) is 0. The Morgan fingerprint density at radius 3 is 2.28 bits per heavy atom. The molecule has 2 N–H and O–H groups in total. The van der Waals surface area contributed by atoms with Crippen LogP contribution < -0.4 is 10.6 Å². The molecule has 0 bridgehead atoms. The number of carbonyl (C=O) groups excluding carboxylic acids is 2. The van der Waals surface area contributed by atoms with Gasteiger partial charge in [0.2, 0.25) is 5.91 Å². The zero-order valence-corrected chi connectivity index (χ0v) is 19.3. The van der Waals surface area contributed by atoms with Crippen LogP contribution in [0.1, 0.15) is 45.0 Å². The first-order valence-corrected chi connectivity index (χ1v) is 12.8. The van der Waals surface area contributed by atoms with E-state index >= 15 is 0 Å². The van der Waals surface area contributed by atoms with E-state index in [0.29, 0.717) is 10.1 Å². The molecule has 0 saturated carbocycles. The van der Waals surface area contributed by atoms with Gasteiger partial charge in [-0.05, 0) is 53.3 Å². The fourth-order valence-corrected chi connectivity index (χ4v) is 6.48. The van der Waals surface area contributed by atoms with E-state index in [1.54, 1.807) is 12.1 Å². The summed E-state index contributed by atoms with van der Waals surface area (Å²) in [4.78, 5) is 25.7. The van der Waals surface area contributed by atoms with Crippen LogP contribution >= 0.6 is 23.5 Å². The van der Waals surface area contributed by atoms with Gasteiger partial charge >= 0.3 is 0 Å². The molecule has 4 nitrogen and oxygen atoms in total. The first-order chi connectivity index (χ1) is 15.7. The largest absolute Gasteiger partial charge is 0.345 e. The second-order valence-corrected chi connectivity index (χ2v) is 10.3. The maximum Gasteiger partial charge on any atom is 0.251 e. The Morgan fingerprint density at radius 2 is 1.56 bits per heavy atom. The molecule has 4 rings (SSSR count). The highest BCUT2D eigenvalue weighted by molar-refractivity contribution is 8.16. The first-order valence-electron chi connectivity index (χ1n) is 10.7. The third-order valence-corrected chi connectivity index (χ3v) is 8.22. The summed E-state index contributed by atoms with van der Waals surface area (Å²) in [6.07, 6.45) is 1.40. The minimum atomic E-state index is -0.420. The molecule has 3 aromatic rings. The van der Waals surface area contributed by atoms with Gasteiger partial charge in [0, 0.05) is 11.3 Å². The summed E-state index contributed by atoms with van der Waals surface area (Å²) in [5.74, 6) is 2.02. The number of nitrogens with one attached hydrogen (secondary N) is 2. The third-order valence-electron chi connectivity index (χ3n) is 5.20. The Balaban J connectivity index is 1.45. The van der Waals surface area contributed by atoms with Crippen LogP contribution in [0.3, 0.4) is 0 Å². The van der Waals surface area contributed by atoms with E-state index in [4.69, 9.17) is 0 Å². The zero-order valence-electron chi connectivity index (χ0n) is 17.7. The van der Waals surface area contributed by atoms with Crippen LogP contribution in [0.5, 0.6) is 0 Å². The van der Waals surface area contributed by atoms with Crippen molar-refractivity contribution in [3.8, 4) is 0 Å². The first kappa shape index (κ1) is 22.5. The van der Waals surface area contributed by atoms with E-state index in [2.05, 4.69) is 22.8 Å². The molecule has 1 saturated heterocycles. The number of hydrogen-bond donors (Lipinski definition) is 2. The Kier molecular flexibility index (Phi) is 7.91. The number of carbonyl (C=O) groups is 2. The van der Waals surface area contributed by atoms with Gasteiger partial charge in [0.1, 0.15) is 0 Å². The highest BCUT2D eigenvalue weighted by Crippen LogP contribution is 2.44. The maximum atomic E-state index is 12.9. The van der Waals surface area contributed by atoms with Crippen molar-refractivity contribution in [1.82, 2.24) is 5.32 Å². The molecule has 1 fully saturated rings. The van der Waals surface area contributed by atoms with Crippen molar-refractivity contribution in [1.29, 1.82) is 0 Å². The van der Waals surface area contributed by atoms with Gasteiger partial charge in [-0.15, -0.1) is 23.5 Å². The molecule has 32 heavy (non-hydrogen) atoms. The molecule has 1 unspecified atom stereocenters. The standard InChI is InChI=1S/C26H26N2O2S2/c29-24(27-22-14-7-13-21(17-22)26-31-15-8-16-32-26)18-23(19-9-3-1-4-10-19)28-25(30)20-11-5-2-6-12-20/h1-7,9-14,17,23,26H,8,15-16,18H2,(H,27,29)(H,28,30). The average Bonchev–Trinajstić information content (AvgIpc) is 2.85. The van der Waals surface area contributed by atoms with Crippen molar-refractivity contribution in [2.45, 2.75) is 23.5 Å². The van der Waals surface area contributed by atoms with E-state index in [-0.39, 0.29) is 18.2 Å². The van der Waals surface area contributed by atoms with Gasteiger partial charge in [-0.1, -0.05) is 60.7 Å². The molecular formula is C26H26N2O2S2. The van der Waals surface area contributed by atoms with E-state index in [0.717, 1.165) is 11.3 Å². The van der Waals surface area contributed by atoms with Crippen LogP contribution in [-0.2, 0) is 4.79 Å². The quantitative estimate of drug-likeness (QED) is 0.448. The molecule has 0 aliphatic carbocycles. The van der Waals surface area contributed by atoms with Crippen LogP contribution in [0.25, 0.3) is 0 Å². The number of thioether (sulfide) groups is 2. The lowest BCUT2D eigenvalue weighted by Gasteiger charge is -2.22. The van der Waals surface area contributed by atoms with Crippen LogP contribution in [0.4, 0.5) is 5.69 Å². The Morgan fingerprint density at radius 1 is 0.875 bits per heavy atom. The summed E-state index contributed by atoms with van der Waals surface area (Å²) in [5, 5.41) is 6.05. The smallest absolute Gasteiger partial charge is 0.251 e. The van der Waals surface area contributed by atoms with Crippen LogP contribution in [-0.4, -0.2) is 23.3 Å². The molecule has 0 radical (unpaired) electrons. The highest BCUT2D eigenvalue weighted by atomic mass is 32.2. The molecule has 1 heterocycles. The fourth-order valence-electron chi connectivity index (χ4n) is 3.61. The SMILES string of the molecule is O=C(CC(NC(=O)c1ccccc1)c1ccccc1)Nc1cccc(C2SCCCS2)c1. The second-order valence-electron chi connectivity index (χ2n) is 7.61. The van der Waals surface area contributed by atoms with Crippen molar-refractivity contribution in [2.75, 3.05) is 16.8 Å². The lowest BCUT2D eigenvalue weighted by atomic mass is 10.0. The predicted molar refractivity (Wildman–Crippen MR) is 135 cm³/mol. The van der Waals surface area contributed by atoms with Gasteiger partial charge < -0.3 is 10.6 Å². The maximum absolute atomic E-state index is 12.9. The molecule has 3 aromatic carbocycles. The van der Waals surface area contributed by atoms with Crippen molar-refractivity contribution in [2.24, 2.45) is 0 Å². The summed E-state index contributed by atoms with van der Waals surface area (Å²) < 4.78 is 0.419. The number of rotatable bonds is 7. The average molecular weight is 463 g/mol. The molecule has 1 aliphatic rings. The van der Waals surface area contributed by atoms with Crippen molar-refractivity contribution >= 4 is 41.0 Å². The summed E-state index contributed by atoms with van der Waals surface area (Å²) in [5.41, 5.74) is 3.50. The Hall–Kier alpha value is -2.70. The normalized spacial score (nSPS) is 15.0. The van der Waals surface area contributed by atoms with Gasteiger partial charge in [0.05, 0.1) is 17.0 Å². The lowest BCUT2D eigenvalue weighted by molar-refractivity contribution is -0.116. The Bertz CT molecular complexity index is 1040. The number of hydrogen-bond acceptors (Lipinski definition) is 4. The predicted octanol–water partition coefficient (Wildman–Crippen LogP) is 6.06. The fraction of sp³-hybridized carbons (Fsp3) is 0.231. The zero-order chi connectivity index (χ0) is 22.2. The van der Waals surface area contributed by atoms with Gasteiger partial charge in [-0.3, -0.25) is 9.59 Å². The molecule has 0 spiro atoms. The van der Waals surface area contributed by atoms with E-state index in [1.165, 1.54) is 23.5 Å².